The molecule has 78 valence electrons. The van der Waals surface area contributed by atoms with Crippen molar-refractivity contribution in [1.29, 1.82) is 0 Å². The summed E-state index contributed by atoms with van der Waals surface area (Å²) in [6.45, 7) is 3.52. The number of carbonyl (C=O) groups excluding carboxylic acids is 1. The van der Waals surface area contributed by atoms with Gasteiger partial charge in [-0.2, -0.15) is 0 Å². The molecule has 0 saturated heterocycles. The van der Waals surface area contributed by atoms with E-state index in [4.69, 9.17) is 5.73 Å². The Labute approximate surface area is 80.3 Å². The minimum atomic E-state index is -0.0541. The Bertz CT molecular complexity index is 139. The molecule has 0 heterocycles. The molecule has 0 aliphatic heterocycles. The summed E-state index contributed by atoms with van der Waals surface area (Å²) in [5.74, 6) is 0.0684. The molecule has 13 heavy (non-hydrogen) atoms. The van der Waals surface area contributed by atoms with Gasteiger partial charge >= 0.3 is 0 Å². The molecular weight excluding hydrogens is 166 g/mol. The Morgan fingerprint density at radius 1 is 1.46 bits per heavy atom. The van der Waals surface area contributed by atoms with Gasteiger partial charge in [-0.05, 0) is 25.9 Å². The molecule has 0 fully saturated rings. The maximum absolute atomic E-state index is 11.3. The van der Waals surface area contributed by atoms with Gasteiger partial charge in [0.1, 0.15) is 0 Å². The summed E-state index contributed by atoms with van der Waals surface area (Å²) in [7, 11) is 1.66. The van der Waals surface area contributed by atoms with Crippen LogP contribution in [0.15, 0.2) is 0 Å². The molecule has 0 spiro atoms. The van der Waals surface area contributed by atoms with Crippen molar-refractivity contribution in [1.82, 2.24) is 10.6 Å². The molecule has 0 radical (unpaired) electrons. The van der Waals surface area contributed by atoms with Crippen LogP contribution in [-0.4, -0.2) is 32.1 Å². The number of rotatable bonds is 7. The van der Waals surface area contributed by atoms with Crippen molar-refractivity contribution >= 4 is 5.91 Å². The van der Waals surface area contributed by atoms with Crippen molar-refractivity contribution < 1.29 is 4.79 Å². The molecule has 0 aromatic rings. The molecule has 0 aromatic carbocycles. The van der Waals surface area contributed by atoms with Crippen LogP contribution >= 0.6 is 0 Å². The number of hydrogen-bond donors (Lipinski definition) is 3. The highest BCUT2D eigenvalue weighted by atomic mass is 16.2. The minimum absolute atomic E-state index is 0.0541. The first kappa shape index (κ1) is 12.4. The summed E-state index contributed by atoms with van der Waals surface area (Å²) < 4.78 is 0. The highest BCUT2D eigenvalue weighted by molar-refractivity contribution is 5.81. The van der Waals surface area contributed by atoms with E-state index in [1.807, 2.05) is 6.92 Å². The lowest BCUT2D eigenvalue weighted by Gasteiger charge is -2.15. The van der Waals surface area contributed by atoms with E-state index in [2.05, 4.69) is 10.6 Å². The molecule has 0 bridgehead atoms. The van der Waals surface area contributed by atoms with E-state index in [0.29, 0.717) is 6.54 Å². The quantitative estimate of drug-likeness (QED) is 0.485. The van der Waals surface area contributed by atoms with E-state index in [1.54, 1.807) is 7.05 Å². The van der Waals surface area contributed by atoms with Crippen molar-refractivity contribution in [2.75, 3.05) is 20.1 Å². The molecule has 1 atom stereocenters. The predicted octanol–water partition coefficient (Wildman–Crippen LogP) is -0.160. The molecule has 0 aromatic heterocycles. The summed E-state index contributed by atoms with van der Waals surface area (Å²) in [4.78, 5) is 11.3. The third-order valence-corrected chi connectivity index (χ3v) is 1.96. The Hall–Kier alpha value is -0.610. The SMILES string of the molecule is CCN[C@@H](CCCCN)C(=O)NC. The zero-order chi connectivity index (χ0) is 10.1. The van der Waals surface area contributed by atoms with Crippen LogP contribution in [0.4, 0.5) is 0 Å². The fraction of sp³-hybridized carbons (Fsp3) is 0.889. The average Bonchev–Trinajstić information content (AvgIpc) is 2.16. The number of nitrogens with two attached hydrogens (primary N) is 1. The Kier molecular flexibility index (Phi) is 7.63. The molecule has 0 rings (SSSR count). The summed E-state index contributed by atoms with van der Waals surface area (Å²) in [6.07, 6.45) is 2.85. The molecule has 0 unspecified atom stereocenters. The number of likely N-dealkylation sites (N-methyl/N-ethyl adjacent to an activating group) is 2. The summed E-state index contributed by atoms with van der Waals surface area (Å²) >= 11 is 0. The van der Waals surface area contributed by atoms with Crippen LogP contribution in [0.25, 0.3) is 0 Å². The van der Waals surface area contributed by atoms with Crippen LogP contribution in [-0.2, 0) is 4.79 Å². The minimum Gasteiger partial charge on any atom is -0.358 e. The number of carbonyl (C=O) groups is 1. The lowest BCUT2D eigenvalue weighted by molar-refractivity contribution is -0.122. The van der Waals surface area contributed by atoms with Crippen LogP contribution < -0.4 is 16.4 Å². The molecule has 0 aliphatic carbocycles. The zero-order valence-corrected chi connectivity index (χ0v) is 8.60. The fourth-order valence-corrected chi connectivity index (χ4v) is 1.24. The largest absolute Gasteiger partial charge is 0.358 e. The van der Waals surface area contributed by atoms with E-state index >= 15 is 0 Å². The van der Waals surface area contributed by atoms with Gasteiger partial charge in [0.25, 0.3) is 0 Å². The highest BCUT2D eigenvalue weighted by Gasteiger charge is 2.14. The third kappa shape index (κ3) is 5.60. The van der Waals surface area contributed by atoms with Gasteiger partial charge < -0.3 is 16.4 Å². The van der Waals surface area contributed by atoms with Crippen molar-refractivity contribution in [2.24, 2.45) is 5.73 Å². The van der Waals surface area contributed by atoms with Crippen molar-refractivity contribution in [2.45, 2.75) is 32.2 Å². The van der Waals surface area contributed by atoms with Gasteiger partial charge in [-0.1, -0.05) is 13.3 Å². The van der Waals surface area contributed by atoms with E-state index in [9.17, 15) is 4.79 Å². The van der Waals surface area contributed by atoms with E-state index in [0.717, 1.165) is 25.8 Å². The first-order chi connectivity index (χ1) is 6.26. The van der Waals surface area contributed by atoms with Gasteiger partial charge in [-0.3, -0.25) is 4.79 Å². The fourth-order valence-electron chi connectivity index (χ4n) is 1.24. The molecule has 0 aliphatic rings. The van der Waals surface area contributed by atoms with Gasteiger partial charge in [0.15, 0.2) is 0 Å². The maximum Gasteiger partial charge on any atom is 0.236 e. The zero-order valence-electron chi connectivity index (χ0n) is 8.60. The van der Waals surface area contributed by atoms with Gasteiger partial charge in [0, 0.05) is 7.05 Å². The van der Waals surface area contributed by atoms with Gasteiger partial charge in [0.2, 0.25) is 5.91 Å². The lowest BCUT2D eigenvalue weighted by atomic mass is 10.1. The van der Waals surface area contributed by atoms with Crippen LogP contribution in [0.3, 0.4) is 0 Å². The first-order valence-corrected chi connectivity index (χ1v) is 4.91. The van der Waals surface area contributed by atoms with Gasteiger partial charge in [-0.25, -0.2) is 0 Å². The molecule has 1 amide bonds. The van der Waals surface area contributed by atoms with Crippen LogP contribution in [0, 0.1) is 0 Å². The molecule has 4 nitrogen and oxygen atoms in total. The molecule has 4 heteroatoms. The average molecular weight is 187 g/mol. The van der Waals surface area contributed by atoms with Crippen molar-refractivity contribution in [3.63, 3.8) is 0 Å². The predicted molar refractivity (Wildman–Crippen MR) is 54.4 cm³/mol. The number of unbranched alkanes of at least 4 members (excludes halogenated alkanes) is 1. The number of hydrogen-bond acceptors (Lipinski definition) is 3. The van der Waals surface area contributed by atoms with Crippen molar-refractivity contribution in [3.05, 3.63) is 0 Å². The van der Waals surface area contributed by atoms with Crippen molar-refractivity contribution in [3.8, 4) is 0 Å². The topological polar surface area (TPSA) is 67.1 Å². The summed E-state index contributed by atoms with van der Waals surface area (Å²) in [6, 6.07) is -0.0541. The molecule has 0 saturated carbocycles. The van der Waals surface area contributed by atoms with E-state index < -0.39 is 0 Å². The first-order valence-electron chi connectivity index (χ1n) is 4.91. The summed E-state index contributed by atoms with van der Waals surface area (Å²) in [5, 5.41) is 5.78. The second kappa shape index (κ2) is 8.01. The monoisotopic (exact) mass is 187 g/mol. The normalized spacial score (nSPS) is 12.5. The molecule has 4 N–H and O–H groups in total. The second-order valence-electron chi connectivity index (χ2n) is 3.01. The van der Waals surface area contributed by atoms with Crippen LogP contribution in [0.1, 0.15) is 26.2 Å². The van der Waals surface area contributed by atoms with Gasteiger partial charge in [0.05, 0.1) is 6.04 Å². The van der Waals surface area contributed by atoms with Gasteiger partial charge in [-0.15, -0.1) is 0 Å². The van der Waals surface area contributed by atoms with E-state index in [-0.39, 0.29) is 11.9 Å². The number of amides is 1. The smallest absolute Gasteiger partial charge is 0.236 e. The third-order valence-electron chi connectivity index (χ3n) is 1.96. The Morgan fingerprint density at radius 3 is 2.62 bits per heavy atom. The standard InChI is InChI=1S/C9H21N3O/c1-3-12-8(9(13)11-2)6-4-5-7-10/h8,12H,3-7,10H2,1-2H3,(H,11,13)/t8-/m0/s1. The Morgan fingerprint density at radius 2 is 2.15 bits per heavy atom. The van der Waals surface area contributed by atoms with Crippen LogP contribution in [0.5, 0.6) is 0 Å². The maximum atomic E-state index is 11.3. The molecular formula is C9H21N3O. The van der Waals surface area contributed by atoms with E-state index in [1.165, 1.54) is 0 Å². The number of nitrogens with one attached hydrogen (secondary N) is 2. The lowest BCUT2D eigenvalue weighted by Crippen LogP contribution is -2.42. The summed E-state index contributed by atoms with van der Waals surface area (Å²) in [5.41, 5.74) is 5.38. The highest BCUT2D eigenvalue weighted by Crippen LogP contribution is 2.00. The Balaban J connectivity index is 3.73. The second-order valence-corrected chi connectivity index (χ2v) is 3.01. The van der Waals surface area contributed by atoms with Crippen LogP contribution in [0.2, 0.25) is 0 Å².